The molecule has 0 fully saturated rings. The highest BCUT2D eigenvalue weighted by atomic mass is 79.9. The molecule has 56 valence electrons. The summed E-state index contributed by atoms with van der Waals surface area (Å²) in [5.74, 6) is 0. The maximum absolute atomic E-state index is 5.04. The van der Waals surface area contributed by atoms with Crippen molar-refractivity contribution in [3.63, 3.8) is 0 Å². The lowest BCUT2D eigenvalue weighted by molar-refractivity contribution is 1.41. The topological polar surface area (TPSA) is 12.0 Å². The average molecular weight is 228 g/mol. The molecule has 2 rings (SSSR count). The normalized spacial score (nSPS) is 14.5. The van der Waals surface area contributed by atoms with E-state index in [1.807, 2.05) is 12.1 Å². The Kier molecular flexibility index (Phi) is 1.69. The minimum absolute atomic E-state index is 0.879. The van der Waals surface area contributed by atoms with Gasteiger partial charge < -0.3 is 5.32 Å². The molecule has 0 saturated heterocycles. The molecule has 1 aliphatic heterocycles. The van der Waals surface area contributed by atoms with Crippen LogP contribution in [0.1, 0.15) is 5.56 Å². The molecule has 1 aromatic carbocycles. The molecule has 0 bridgehead atoms. The van der Waals surface area contributed by atoms with Crippen LogP contribution in [0.4, 0.5) is 5.69 Å². The van der Waals surface area contributed by atoms with Gasteiger partial charge in [-0.15, -0.1) is 0 Å². The third-order valence-corrected chi connectivity index (χ3v) is 2.43. The van der Waals surface area contributed by atoms with Crippen LogP contribution in [0.5, 0.6) is 0 Å². The molecule has 0 amide bonds. The van der Waals surface area contributed by atoms with Crippen molar-refractivity contribution < 1.29 is 0 Å². The first kappa shape index (κ1) is 7.25. The monoisotopic (exact) mass is 227 g/mol. The number of fused-ring (bicyclic) bond motifs is 1. The fourth-order valence-electron chi connectivity index (χ4n) is 1.20. The third kappa shape index (κ3) is 1.30. The first-order valence-corrected chi connectivity index (χ1v) is 4.54. The molecule has 0 aliphatic carbocycles. The summed E-state index contributed by atoms with van der Waals surface area (Å²) in [5, 5.41) is 3.14. The molecule has 1 aliphatic rings. The summed E-state index contributed by atoms with van der Waals surface area (Å²) in [4.78, 5) is 0.915. The predicted octanol–water partition coefficient (Wildman–Crippen LogP) is 2.74. The standard InChI is InChI=1S/C8H6BrNS/c9-6-1-2-7-5(3-6)4-8(11)10-7/h1-3H,4H2,(H,10,11). The Morgan fingerprint density at radius 1 is 1.45 bits per heavy atom. The molecular weight excluding hydrogens is 222 g/mol. The lowest BCUT2D eigenvalue weighted by atomic mass is 10.2. The van der Waals surface area contributed by atoms with Crippen LogP contribution in [0, 0.1) is 0 Å². The van der Waals surface area contributed by atoms with Gasteiger partial charge in [-0.05, 0) is 23.8 Å². The summed E-state index contributed by atoms with van der Waals surface area (Å²) in [7, 11) is 0. The molecule has 0 radical (unpaired) electrons. The van der Waals surface area contributed by atoms with Crippen molar-refractivity contribution in [1.82, 2.24) is 0 Å². The van der Waals surface area contributed by atoms with Crippen molar-refractivity contribution in [2.45, 2.75) is 6.42 Å². The summed E-state index contributed by atoms with van der Waals surface area (Å²) < 4.78 is 1.11. The zero-order chi connectivity index (χ0) is 7.84. The molecule has 0 atom stereocenters. The van der Waals surface area contributed by atoms with Gasteiger partial charge >= 0.3 is 0 Å². The van der Waals surface area contributed by atoms with Crippen molar-refractivity contribution in [3.05, 3.63) is 28.2 Å². The average Bonchev–Trinajstić information content (AvgIpc) is 2.27. The van der Waals surface area contributed by atoms with Gasteiger partial charge in [-0.25, -0.2) is 0 Å². The minimum atomic E-state index is 0.879. The maximum atomic E-state index is 5.04. The summed E-state index contributed by atoms with van der Waals surface area (Å²) in [5.41, 5.74) is 2.43. The highest BCUT2D eigenvalue weighted by molar-refractivity contribution is 9.10. The Balaban J connectivity index is 2.51. The Bertz CT molecular complexity index is 322. The van der Waals surface area contributed by atoms with E-state index in [9.17, 15) is 0 Å². The summed E-state index contributed by atoms with van der Waals surface area (Å²) in [6, 6.07) is 6.15. The lowest BCUT2D eigenvalue weighted by Gasteiger charge is -1.97. The number of rotatable bonds is 0. The fraction of sp³-hybridized carbons (Fsp3) is 0.125. The second-order valence-electron chi connectivity index (χ2n) is 2.53. The zero-order valence-electron chi connectivity index (χ0n) is 5.73. The van der Waals surface area contributed by atoms with Gasteiger partial charge in [0.05, 0.1) is 4.99 Å². The SMILES string of the molecule is S=C1Cc2cc(Br)ccc2N1. The molecule has 3 heteroatoms. The van der Waals surface area contributed by atoms with Gasteiger partial charge in [-0.3, -0.25) is 0 Å². The van der Waals surface area contributed by atoms with E-state index in [1.54, 1.807) is 0 Å². The molecule has 0 aromatic heterocycles. The van der Waals surface area contributed by atoms with Gasteiger partial charge in [-0.2, -0.15) is 0 Å². The Hall–Kier alpha value is -0.410. The summed E-state index contributed by atoms with van der Waals surface area (Å²) >= 11 is 8.45. The number of anilines is 1. The number of benzene rings is 1. The molecular formula is C8H6BrNS. The van der Waals surface area contributed by atoms with Gasteiger partial charge in [0.25, 0.3) is 0 Å². The maximum Gasteiger partial charge on any atom is 0.0842 e. The second kappa shape index (κ2) is 2.57. The van der Waals surface area contributed by atoms with Gasteiger partial charge in [-0.1, -0.05) is 28.1 Å². The van der Waals surface area contributed by atoms with Gasteiger partial charge in [0.1, 0.15) is 0 Å². The van der Waals surface area contributed by atoms with Crippen LogP contribution in [-0.4, -0.2) is 4.99 Å². The molecule has 0 spiro atoms. The summed E-state index contributed by atoms with van der Waals surface area (Å²) in [6.07, 6.45) is 0.879. The largest absolute Gasteiger partial charge is 0.350 e. The molecule has 0 unspecified atom stereocenters. The van der Waals surface area contributed by atoms with Crippen LogP contribution in [-0.2, 0) is 6.42 Å². The van der Waals surface area contributed by atoms with E-state index in [0.29, 0.717) is 0 Å². The van der Waals surface area contributed by atoms with E-state index in [-0.39, 0.29) is 0 Å². The molecule has 1 aromatic rings. The Morgan fingerprint density at radius 3 is 3.09 bits per heavy atom. The molecule has 1 N–H and O–H groups in total. The van der Waals surface area contributed by atoms with Crippen LogP contribution in [0.15, 0.2) is 22.7 Å². The van der Waals surface area contributed by atoms with Crippen molar-refractivity contribution >= 4 is 38.8 Å². The van der Waals surface area contributed by atoms with E-state index in [0.717, 1.165) is 21.6 Å². The predicted molar refractivity (Wildman–Crippen MR) is 54.1 cm³/mol. The van der Waals surface area contributed by atoms with E-state index in [4.69, 9.17) is 12.2 Å². The number of halogens is 1. The highest BCUT2D eigenvalue weighted by Crippen LogP contribution is 2.26. The first-order valence-electron chi connectivity index (χ1n) is 3.34. The number of hydrogen-bond acceptors (Lipinski definition) is 1. The zero-order valence-corrected chi connectivity index (χ0v) is 8.13. The van der Waals surface area contributed by atoms with Crippen LogP contribution < -0.4 is 5.32 Å². The molecule has 1 heterocycles. The van der Waals surface area contributed by atoms with Crippen LogP contribution in [0.25, 0.3) is 0 Å². The highest BCUT2D eigenvalue weighted by Gasteiger charge is 2.13. The van der Waals surface area contributed by atoms with Gasteiger partial charge in [0.2, 0.25) is 0 Å². The van der Waals surface area contributed by atoms with Gasteiger partial charge in [0, 0.05) is 16.6 Å². The Morgan fingerprint density at radius 2 is 2.27 bits per heavy atom. The minimum Gasteiger partial charge on any atom is -0.350 e. The van der Waals surface area contributed by atoms with Crippen LogP contribution in [0.2, 0.25) is 0 Å². The third-order valence-electron chi connectivity index (χ3n) is 1.69. The first-order chi connectivity index (χ1) is 5.25. The van der Waals surface area contributed by atoms with Crippen molar-refractivity contribution in [2.24, 2.45) is 0 Å². The molecule has 11 heavy (non-hydrogen) atoms. The van der Waals surface area contributed by atoms with Crippen molar-refractivity contribution in [3.8, 4) is 0 Å². The van der Waals surface area contributed by atoms with Gasteiger partial charge in [0.15, 0.2) is 0 Å². The fourth-order valence-corrected chi connectivity index (χ4v) is 1.87. The smallest absolute Gasteiger partial charge is 0.0842 e. The van der Waals surface area contributed by atoms with Crippen LogP contribution in [0.3, 0.4) is 0 Å². The van der Waals surface area contributed by atoms with E-state index >= 15 is 0 Å². The van der Waals surface area contributed by atoms with Crippen LogP contribution >= 0.6 is 28.1 Å². The van der Waals surface area contributed by atoms with E-state index < -0.39 is 0 Å². The Labute approximate surface area is 78.9 Å². The molecule has 0 saturated carbocycles. The molecule has 1 nitrogen and oxygen atoms in total. The summed E-state index contributed by atoms with van der Waals surface area (Å²) in [6.45, 7) is 0. The quantitative estimate of drug-likeness (QED) is 0.685. The second-order valence-corrected chi connectivity index (χ2v) is 3.93. The van der Waals surface area contributed by atoms with Crippen molar-refractivity contribution in [2.75, 3.05) is 5.32 Å². The lowest BCUT2D eigenvalue weighted by Crippen LogP contribution is -2.00. The van der Waals surface area contributed by atoms with Crippen molar-refractivity contribution in [1.29, 1.82) is 0 Å². The number of thiocarbonyl (C=S) groups is 1. The van der Waals surface area contributed by atoms with E-state index in [2.05, 4.69) is 27.3 Å². The van der Waals surface area contributed by atoms with E-state index in [1.165, 1.54) is 5.56 Å². The number of nitrogens with one attached hydrogen (secondary N) is 1. The number of hydrogen-bond donors (Lipinski definition) is 1.